The number of amides is 3. The summed E-state index contributed by atoms with van der Waals surface area (Å²) in [6.45, 7) is 7.11. The maximum atomic E-state index is 13.1. The van der Waals surface area contributed by atoms with E-state index in [-0.39, 0.29) is 24.8 Å². The lowest BCUT2D eigenvalue weighted by Gasteiger charge is -2.30. The second kappa shape index (κ2) is 13.6. The topological polar surface area (TPSA) is 119 Å². The van der Waals surface area contributed by atoms with E-state index >= 15 is 0 Å². The number of hydrazine groups is 1. The lowest BCUT2D eigenvalue weighted by molar-refractivity contribution is -0.149. The highest BCUT2D eigenvalue weighted by atomic mass is 16.5. The molecule has 0 saturated heterocycles. The van der Waals surface area contributed by atoms with E-state index in [0.29, 0.717) is 6.42 Å². The predicted octanol–water partition coefficient (Wildman–Crippen LogP) is 2.38. The Balaban J connectivity index is 3.09. The first-order valence-electron chi connectivity index (χ1n) is 10.6. The van der Waals surface area contributed by atoms with Crippen molar-refractivity contribution in [2.45, 2.75) is 40.5 Å². The van der Waals surface area contributed by atoms with Crippen molar-refractivity contribution >= 4 is 23.8 Å². The summed E-state index contributed by atoms with van der Waals surface area (Å²) in [5.74, 6) is -3.26. The first-order chi connectivity index (χ1) is 14.7. The first-order valence-corrected chi connectivity index (χ1v) is 10.6. The Labute approximate surface area is 184 Å². The van der Waals surface area contributed by atoms with E-state index in [0.717, 1.165) is 10.6 Å². The van der Waals surface area contributed by atoms with Crippen LogP contribution in [0.4, 0.5) is 0 Å². The molecule has 1 aromatic rings. The van der Waals surface area contributed by atoms with Crippen LogP contribution in [0.2, 0.25) is 0 Å². The van der Waals surface area contributed by atoms with E-state index in [1.807, 2.05) is 64.1 Å². The third-order valence-corrected chi connectivity index (χ3v) is 4.72. The maximum absolute atomic E-state index is 13.1. The van der Waals surface area contributed by atoms with Crippen LogP contribution in [0.1, 0.15) is 46.1 Å². The van der Waals surface area contributed by atoms with Gasteiger partial charge in [-0.2, -0.15) is 0 Å². The van der Waals surface area contributed by atoms with Gasteiger partial charge in [-0.15, -0.1) is 0 Å². The zero-order chi connectivity index (χ0) is 23.4. The van der Waals surface area contributed by atoms with E-state index in [4.69, 9.17) is 0 Å². The predicted molar refractivity (Wildman–Crippen MR) is 118 cm³/mol. The summed E-state index contributed by atoms with van der Waals surface area (Å²) < 4.78 is 0. The Morgan fingerprint density at radius 2 is 1.65 bits per heavy atom. The molecule has 0 spiro atoms. The molecule has 0 aliphatic carbocycles. The molecule has 0 saturated carbocycles. The van der Waals surface area contributed by atoms with Gasteiger partial charge in [0.25, 0.3) is 5.91 Å². The minimum Gasteiger partial charge on any atom is -0.386 e. The molecule has 0 fully saturated rings. The highest BCUT2D eigenvalue weighted by molar-refractivity contribution is 5.89. The van der Waals surface area contributed by atoms with Gasteiger partial charge >= 0.3 is 0 Å². The molecule has 4 N–H and O–H groups in total. The number of hydrogen-bond donors (Lipinski definition) is 4. The van der Waals surface area contributed by atoms with E-state index < -0.39 is 36.2 Å². The van der Waals surface area contributed by atoms with Gasteiger partial charge in [-0.3, -0.25) is 30.0 Å². The molecule has 31 heavy (non-hydrogen) atoms. The summed E-state index contributed by atoms with van der Waals surface area (Å²) >= 11 is 0. The number of hydrogen-bond acceptors (Lipinski definition) is 5. The van der Waals surface area contributed by atoms with Crippen molar-refractivity contribution in [1.82, 2.24) is 15.9 Å². The molecule has 1 aromatic carbocycles. The smallest absolute Gasteiger partial charge is 0.266 e. The average Bonchev–Trinajstić information content (AvgIpc) is 2.74. The lowest BCUT2D eigenvalue weighted by atomic mass is 9.82. The van der Waals surface area contributed by atoms with Crippen molar-refractivity contribution < 1.29 is 24.7 Å². The number of aliphatic hydroxyl groups excluding tert-OH is 1. The Bertz CT molecular complexity index is 734. The molecule has 2 atom stereocenters. The van der Waals surface area contributed by atoms with Gasteiger partial charge in [0.1, 0.15) is 6.61 Å². The van der Waals surface area contributed by atoms with Crippen LogP contribution < -0.4 is 10.9 Å². The van der Waals surface area contributed by atoms with Gasteiger partial charge in [0.05, 0.1) is 11.8 Å². The first kappa shape index (κ1) is 26.3. The fraction of sp³-hybridized carbons (Fsp3) is 0.522. The number of rotatable bonds is 11. The number of hydroxylamine groups is 1. The Kier molecular flexibility index (Phi) is 11.5. The number of aliphatic hydroxyl groups is 1. The van der Waals surface area contributed by atoms with E-state index in [2.05, 4.69) is 5.43 Å². The second-order valence-electron chi connectivity index (χ2n) is 8.40. The van der Waals surface area contributed by atoms with Crippen LogP contribution in [0, 0.1) is 23.7 Å². The minimum absolute atomic E-state index is 0.0599. The van der Waals surface area contributed by atoms with Crippen molar-refractivity contribution in [2.24, 2.45) is 23.7 Å². The molecule has 0 heterocycles. The normalized spacial score (nSPS) is 13.3. The van der Waals surface area contributed by atoms with E-state index in [1.54, 1.807) is 11.6 Å². The van der Waals surface area contributed by atoms with Gasteiger partial charge in [0.15, 0.2) is 0 Å². The van der Waals surface area contributed by atoms with Gasteiger partial charge in [-0.25, -0.2) is 5.48 Å². The van der Waals surface area contributed by atoms with Crippen LogP contribution in [0.15, 0.2) is 36.4 Å². The number of carbonyl (C=O) groups excluding carboxylic acids is 3. The molecule has 0 radical (unpaired) electrons. The molecule has 0 bridgehead atoms. The molecule has 172 valence electrons. The van der Waals surface area contributed by atoms with E-state index in [9.17, 15) is 24.7 Å². The fourth-order valence-electron chi connectivity index (χ4n) is 3.29. The highest BCUT2D eigenvalue weighted by Crippen LogP contribution is 2.25. The van der Waals surface area contributed by atoms with Crippen molar-refractivity contribution in [3.8, 4) is 0 Å². The second-order valence-corrected chi connectivity index (χ2v) is 8.40. The van der Waals surface area contributed by atoms with Crippen LogP contribution in [0.25, 0.3) is 6.08 Å². The Morgan fingerprint density at radius 1 is 1.00 bits per heavy atom. The van der Waals surface area contributed by atoms with Crippen molar-refractivity contribution in [2.75, 3.05) is 13.2 Å². The number of allylic oxidation sites excluding steroid dienone is 1. The average molecular weight is 434 g/mol. The summed E-state index contributed by atoms with van der Waals surface area (Å²) in [7, 11) is 0. The van der Waals surface area contributed by atoms with Crippen LogP contribution in [-0.2, 0) is 14.4 Å². The number of carbonyl (C=O) groups is 3. The summed E-state index contributed by atoms with van der Waals surface area (Å²) in [5, 5.41) is 19.6. The molecule has 0 aromatic heterocycles. The molecule has 3 amide bonds. The highest BCUT2D eigenvalue weighted by Gasteiger charge is 2.34. The molecule has 8 heteroatoms. The molecular weight excluding hydrogens is 398 g/mol. The van der Waals surface area contributed by atoms with Gasteiger partial charge in [0.2, 0.25) is 11.8 Å². The SMILES string of the molecule is CC(C)C[C@@H](C(=O)NN(CC(C)C)C(=O)CO)[C@H](CC=Cc1ccccc1)C(=O)NO. The van der Waals surface area contributed by atoms with Crippen molar-refractivity contribution in [3.63, 3.8) is 0 Å². The minimum atomic E-state index is -0.836. The zero-order valence-corrected chi connectivity index (χ0v) is 18.7. The third-order valence-electron chi connectivity index (χ3n) is 4.72. The van der Waals surface area contributed by atoms with Crippen LogP contribution in [0.5, 0.6) is 0 Å². The molecule has 0 unspecified atom stereocenters. The molecule has 0 aliphatic rings. The van der Waals surface area contributed by atoms with E-state index in [1.165, 1.54) is 0 Å². The van der Waals surface area contributed by atoms with Gasteiger partial charge < -0.3 is 5.11 Å². The van der Waals surface area contributed by atoms with Crippen molar-refractivity contribution in [3.05, 3.63) is 42.0 Å². The standard InChI is InChI=1S/C23H35N3O5/c1-16(2)13-20(22(29)24-26(14-17(3)4)21(28)15-27)19(23(30)25-31)12-8-11-18-9-6-5-7-10-18/h5-11,16-17,19-20,27,31H,12-15H2,1-4H3,(H,24,29)(H,25,30)/t19-,20+/m0/s1. The van der Waals surface area contributed by atoms with Gasteiger partial charge in [-0.05, 0) is 30.2 Å². The van der Waals surface area contributed by atoms with Crippen molar-refractivity contribution in [1.29, 1.82) is 0 Å². The number of nitrogens with zero attached hydrogens (tertiary/aromatic N) is 1. The maximum Gasteiger partial charge on any atom is 0.266 e. The Morgan fingerprint density at radius 3 is 2.16 bits per heavy atom. The summed E-state index contributed by atoms with van der Waals surface area (Å²) in [6, 6.07) is 9.53. The van der Waals surface area contributed by atoms with Crippen LogP contribution in [0.3, 0.4) is 0 Å². The quantitative estimate of drug-likeness (QED) is 0.316. The lowest BCUT2D eigenvalue weighted by Crippen LogP contribution is -2.53. The Hall–Kier alpha value is -2.71. The molecule has 1 rings (SSSR count). The van der Waals surface area contributed by atoms with Gasteiger partial charge in [0, 0.05) is 6.54 Å². The zero-order valence-electron chi connectivity index (χ0n) is 18.7. The number of benzene rings is 1. The number of nitrogens with one attached hydrogen (secondary N) is 2. The summed E-state index contributed by atoms with van der Waals surface area (Å²) in [4.78, 5) is 37.6. The largest absolute Gasteiger partial charge is 0.386 e. The summed E-state index contributed by atoms with van der Waals surface area (Å²) in [6.07, 6.45) is 4.25. The summed E-state index contributed by atoms with van der Waals surface area (Å²) in [5.41, 5.74) is 5.19. The molecule has 0 aliphatic heterocycles. The molecule has 8 nitrogen and oxygen atoms in total. The monoisotopic (exact) mass is 433 g/mol. The molecular formula is C23H35N3O5. The van der Waals surface area contributed by atoms with Gasteiger partial charge in [-0.1, -0.05) is 70.2 Å². The fourth-order valence-corrected chi connectivity index (χ4v) is 3.29. The van der Waals surface area contributed by atoms with Crippen LogP contribution >= 0.6 is 0 Å². The van der Waals surface area contributed by atoms with Crippen LogP contribution in [-0.4, -0.2) is 46.2 Å². The third kappa shape index (κ3) is 9.31.